The van der Waals surface area contributed by atoms with E-state index in [-0.39, 0.29) is 5.91 Å². The average Bonchev–Trinajstić information content (AvgIpc) is 2.43. The number of fused-ring (bicyclic) bond motifs is 1. The van der Waals surface area contributed by atoms with Gasteiger partial charge in [0.05, 0.1) is 6.04 Å². The first-order valence-corrected chi connectivity index (χ1v) is 6.78. The number of amides is 3. The number of nitrogens with one attached hydrogen (secondary N) is 3. The molecular weight excluding hydrogens is 299 g/mol. The molecule has 0 saturated carbocycles. The molecular formula is C14H16F3N3O2. The van der Waals surface area contributed by atoms with Crippen molar-refractivity contribution in [3.05, 3.63) is 29.3 Å². The van der Waals surface area contributed by atoms with Gasteiger partial charge in [-0.1, -0.05) is 12.1 Å². The predicted molar refractivity (Wildman–Crippen MR) is 74.4 cm³/mol. The van der Waals surface area contributed by atoms with E-state index in [1.165, 1.54) is 0 Å². The number of urea groups is 1. The van der Waals surface area contributed by atoms with Crippen LogP contribution in [0.3, 0.4) is 0 Å². The lowest BCUT2D eigenvalue weighted by molar-refractivity contribution is -0.122. The van der Waals surface area contributed by atoms with Crippen LogP contribution in [0.2, 0.25) is 0 Å². The minimum Gasteiger partial charge on any atom is -0.332 e. The lowest BCUT2D eigenvalue weighted by atomic mass is 9.98. The van der Waals surface area contributed by atoms with Crippen LogP contribution in [0.5, 0.6) is 0 Å². The van der Waals surface area contributed by atoms with E-state index >= 15 is 0 Å². The molecule has 1 unspecified atom stereocenters. The molecule has 1 aromatic rings. The van der Waals surface area contributed by atoms with Crippen LogP contribution in [-0.4, -0.2) is 24.7 Å². The van der Waals surface area contributed by atoms with E-state index in [0.29, 0.717) is 12.8 Å². The third kappa shape index (κ3) is 4.37. The fourth-order valence-corrected chi connectivity index (χ4v) is 2.18. The second-order valence-corrected chi connectivity index (χ2v) is 5.13. The zero-order chi connectivity index (χ0) is 16.3. The zero-order valence-corrected chi connectivity index (χ0v) is 11.9. The number of halogens is 3. The van der Waals surface area contributed by atoms with Gasteiger partial charge in [-0.15, -0.1) is 0 Å². The highest BCUT2D eigenvalue weighted by Crippen LogP contribution is 2.26. The zero-order valence-electron chi connectivity index (χ0n) is 11.9. The van der Waals surface area contributed by atoms with Gasteiger partial charge in [-0.05, 0) is 30.5 Å². The summed E-state index contributed by atoms with van der Waals surface area (Å²) in [5, 5.41) is 6.95. The van der Waals surface area contributed by atoms with Gasteiger partial charge in [0, 0.05) is 12.1 Å². The molecule has 1 heterocycles. The largest absolute Gasteiger partial charge is 0.405 e. The second-order valence-electron chi connectivity index (χ2n) is 5.13. The van der Waals surface area contributed by atoms with Crippen molar-refractivity contribution in [3.8, 4) is 0 Å². The van der Waals surface area contributed by atoms with E-state index < -0.39 is 24.8 Å². The Hall–Kier alpha value is -2.25. The van der Waals surface area contributed by atoms with E-state index in [0.717, 1.165) is 16.8 Å². The Kier molecular flexibility index (Phi) is 4.58. The van der Waals surface area contributed by atoms with Crippen LogP contribution in [-0.2, 0) is 11.2 Å². The van der Waals surface area contributed by atoms with Gasteiger partial charge in [-0.25, -0.2) is 4.79 Å². The summed E-state index contributed by atoms with van der Waals surface area (Å²) in [5.41, 5.74) is 2.44. The number of anilines is 1. The molecule has 0 saturated heterocycles. The summed E-state index contributed by atoms with van der Waals surface area (Å²) in [6, 6.07) is 3.96. The first-order chi connectivity index (χ1) is 10.2. The third-order valence-electron chi connectivity index (χ3n) is 3.32. The first-order valence-electron chi connectivity index (χ1n) is 6.78. The maximum atomic E-state index is 12.0. The van der Waals surface area contributed by atoms with Crippen LogP contribution < -0.4 is 16.0 Å². The van der Waals surface area contributed by atoms with Gasteiger partial charge in [0.25, 0.3) is 0 Å². The Morgan fingerprint density at radius 1 is 1.36 bits per heavy atom. The summed E-state index contributed by atoms with van der Waals surface area (Å²) in [6.45, 7) is 0.304. The van der Waals surface area contributed by atoms with E-state index in [9.17, 15) is 22.8 Å². The highest BCUT2D eigenvalue weighted by Gasteiger charge is 2.28. The lowest BCUT2D eigenvalue weighted by Crippen LogP contribution is -2.41. The summed E-state index contributed by atoms with van der Waals surface area (Å²) < 4.78 is 36.1. The monoisotopic (exact) mass is 315 g/mol. The van der Waals surface area contributed by atoms with Gasteiger partial charge in [0.2, 0.25) is 5.91 Å². The average molecular weight is 315 g/mol. The lowest BCUT2D eigenvalue weighted by Gasteiger charge is -2.20. The standard InChI is InChI=1S/C14H16F3N3O2/c1-8(19-13(22)18-7-14(15,16)17)9-2-4-11-10(6-9)3-5-12(21)20-11/h2,4,6,8H,3,5,7H2,1H3,(H,20,21)(H2,18,19,22). The van der Waals surface area contributed by atoms with Gasteiger partial charge in [-0.3, -0.25) is 4.79 Å². The smallest absolute Gasteiger partial charge is 0.332 e. The van der Waals surface area contributed by atoms with Crippen LogP contribution in [0, 0.1) is 0 Å². The van der Waals surface area contributed by atoms with Crippen molar-refractivity contribution in [2.75, 3.05) is 11.9 Å². The van der Waals surface area contributed by atoms with E-state index in [2.05, 4.69) is 10.6 Å². The minimum absolute atomic E-state index is 0.0436. The van der Waals surface area contributed by atoms with E-state index in [1.54, 1.807) is 24.4 Å². The molecule has 120 valence electrons. The minimum atomic E-state index is -4.44. The van der Waals surface area contributed by atoms with Crippen molar-refractivity contribution in [1.82, 2.24) is 10.6 Å². The molecule has 3 amide bonds. The molecule has 1 aromatic carbocycles. The second kappa shape index (κ2) is 6.25. The van der Waals surface area contributed by atoms with Crippen LogP contribution in [0.25, 0.3) is 0 Å². The summed E-state index contributed by atoms with van der Waals surface area (Å²) >= 11 is 0. The van der Waals surface area contributed by atoms with E-state index in [4.69, 9.17) is 0 Å². The number of alkyl halides is 3. The summed E-state index contributed by atoms with van der Waals surface area (Å²) in [7, 11) is 0. The molecule has 3 N–H and O–H groups in total. The summed E-state index contributed by atoms with van der Waals surface area (Å²) in [5.74, 6) is -0.0436. The van der Waals surface area contributed by atoms with Gasteiger partial charge < -0.3 is 16.0 Å². The van der Waals surface area contributed by atoms with Gasteiger partial charge >= 0.3 is 12.2 Å². The molecule has 0 aliphatic carbocycles. The Morgan fingerprint density at radius 3 is 2.77 bits per heavy atom. The van der Waals surface area contributed by atoms with Gasteiger partial charge in [0.15, 0.2) is 0 Å². The van der Waals surface area contributed by atoms with Crippen LogP contribution in [0.4, 0.5) is 23.7 Å². The SMILES string of the molecule is CC(NC(=O)NCC(F)(F)F)c1ccc2c(c1)CCC(=O)N2. The highest BCUT2D eigenvalue weighted by molar-refractivity contribution is 5.93. The Bertz CT molecular complexity index is 587. The van der Waals surface area contributed by atoms with Gasteiger partial charge in [0.1, 0.15) is 6.54 Å². The third-order valence-corrected chi connectivity index (χ3v) is 3.32. The number of carbonyl (C=O) groups is 2. The fraction of sp³-hybridized carbons (Fsp3) is 0.429. The Balaban J connectivity index is 1.97. The van der Waals surface area contributed by atoms with Gasteiger partial charge in [-0.2, -0.15) is 13.2 Å². The van der Waals surface area contributed by atoms with Crippen LogP contribution in [0.1, 0.15) is 30.5 Å². The van der Waals surface area contributed by atoms with Crippen LogP contribution in [0.15, 0.2) is 18.2 Å². The molecule has 0 aromatic heterocycles. The molecule has 0 fully saturated rings. The van der Waals surface area contributed by atoms with Crippen molar-refractivity contribution >= 4 is 17.6 Å². The molecule has 2 rings (SSSR count). The maximum absolute atomic E-state index is 12.0. The molecule has 8 heteroatoms. The fourth-order valence-electron chi connectivity index (χ4n) is 2.18. The summed E-state index contributed by atoms with van der Waals surface area (Å²) in [4.78, 5) is 22.7. The Morgan fingerprint density at radius 2 is 2.09 bits per heavy atom. The normalized spacial score (nSPS) is 15.5. The number of hydrogen-bond donors (Lipinski definition) is 3. The Labute approximate surface area is 125 Å². The highest BCUT2D eigenvalue weighted by atomic mass is 19.4. The number of aryl methyl sites for hydroxylation is 1. The van der Waals surface area contributed by atoms with Crippen molar-refractivity contribution < 1.29 is 22.8 Å². The maximum Gasteiger partial charge on any atom is 0.405 e. The first kappa shape index (κ1) is 16.1. The number of benzene rings is 1. The number of rotatable bonds is 3. The molecule has 1 aliphatic rings. The van der Waals surface area contributed by atoms with Crippen molar-refractivity contribution in [2.24, 2.45) is 0 Å². The number of hydrogen-bond acceptors (Lipinski definition) is 2. The topological polar surface area (TPSA) is 70.2 Å². The number of carbonyl (C=O) groups excluding carboxylic acids is 2. The molecule has 1 atom stereocenters. The summed E-state index contributed by atoms with van der Waals surface area (Å²) in [6.07, 6.45) is -3.45. The van der Waals surface area contributed by atoms with Crippen molar-refractivity contribution in [3.63, 3.8) is 0 Å². The molecule has 0 bridgehead atoms. The molecule has 1 aliphatic heterocycles. The molecule has 0 spiro atoms. The quantitative estimate of drug-likeness (QED) is 0.802. The predicted octanol–water partition coefficient (Wildman–Crippen LogP) is 2.49. The molecule has 0 radical (unpaired) electrons. The van der Waals surface area contributed by atoms with Crippen molar-refractivity contribution in [1.29, 1.82) is 0 Å². The van der Waals surface area contributed by atoms with Crippen molar-refractivity contribution in [2.45, 2.75) is 32.0 Å². The van der Waals surface area contributed by atoms with Crippen LogP contribution >= 0.6 is 0 Å². The molecule has 22 heavy (non-hydrogen) atoms. The van der Waals surface area contributed by atoms with E-state index in [1.807, 2.05) is 6.07 Å². The molecule has 5 nitrogen and oxygen atoms in total.